The first kappa shape index (κ1) is 14.9. The summed E-state index contributed by atoms with van der Waals surface area (Å²) in [7, 11) is 0. The Hall–Kier alpha value is -1.51. The second-order valence-corrected chi connectivity index (χ2v) is 5.80. The Morgan fingerprint density at radius 3 is 2.45 bits per heavy atom. The molecule has 0 radical (unpaired) electrons. The average Bonchev–Trinajstić information content (AvgIpc) is 2.43. The Morgan fingerprint density at radius 2 is 1.80 bits per heavy atom. The van der Waals surface area contributed by atoms with E-state index < -0.39 is 0 Å². The molecule has 0 unspecified atom stereocenters. The highest BCUT2D eigenvalue weighted by atomic mass is 16.5. The van der Waals surface area contributed by atoms with Crippen LogP contribution in [-0.4, -0.2) is 19.1 Å². The van der Waals surface area contributed by atoms with Crippen molar-refractivity contribution >= 4 is 5.91 Å². The Morgan fingerprint density at radius 1 is 1.15 bits per heavy atom. The minimum absolute atomic E-state index is 0.203. The van der Waals surface area contributed by atoms with Gasteiger partial charge >= 0.3 is 0 Å². The number of benzene rings is 1. The van der Waals surface area contributed by atoms with Gasteiger partial charge in [-0.05, 0) is 49.9 Å². The fourth-order valence-corrected chi connectivity index (χ4v) is 2.87. The molecular formula is C17H25NO2. The summed E-state index contributed by atoms with van der Waals surface area (Å²) < 4.78 is 5.69. The second-order valence-electron chi connectivity index (χ2n) is 5.80. The number of carbonyl (C=O) groups is 1. The predicted octanol–water partition coefficient (Wildman–Crippen LogP) is 3.38. The van der Waals surface area contributed by atoms with Crippen LogP contribution in [0.1, 0.15) is 43.2 Å². The third-order valence-corrected chi connectivity index (χ3v) is 3.84. The molecule has 3 nitrogen and oxygen atoms in total. The van der Waals surface area contributed by atoms with Crippen LogP contribution in [0.4, 0.5) is 0 Å². The molecule has 1 aliphatic carbocycles. The quantitative estimate of drug-likeness (QED) is 0.837. The van der Waals surface area contributed by atoms with Crippen LogP contribution in [0.2, 0.25) is 0 Å². The molecule has 1 saturated carbocycles. The van der Waals surface area contributed by atoms with Crippen LogP contribution >= 0.6 is 0 Å². The number of ether oxygens (including phenoxy) is 1. The van der Waals surface area contributed by atoms with Gasteiger partial charge in [0.25, 0.3) is 0 Å². The average molecular weight is 275 g/mol. The number of amides is 1. The minimum atomic E-state index is 0.203. The van der Waals surface area contributed by atoms with Gasteiger partial charge in [0, 0.05) is 5.92 Å². The van der Waals surface area contributed by atoms with Crippen LogP contribution in [0.5, 0.6) is 5.75 Å². The highest BCUT2D eigenvalue weighted by Gasteiger charge is 2.20. The Labute approximate surface area is 121 Å². The van der Waals surface area contributed by atoms with Gasteiger partial charge < -0.3 is 10.1 Å². The van der Waals surface area contributed by atoms with Crippen LogP contribution in [0.15, 0.2) is 18.2 Å². The largest absolute Gasteiger partial charge is 0.492 e. The van der Waals surface area contributed by atoms with Crippen molar-refractivity contribution in [3.8, 4) is 5.75 Å². The lowest BCUT2D eigenvalue weighted by atomic mass is 9.89. The van der Waals surface area contributed by atoms with Gasteiger partial charge in [-0.2, -0.15) is 0 Å². The smallest absolute Gasteiger partial charge is 0.223 e. The molecule has 0 aromatic heterocycles. The summed E-state index contributed by atoms with van der Waals surface area (Å²) in [4.78, 5) is 12.0. The summed E-state index contributed by atoms with van der Waals surface area (Å²) in [6.45, 7) is 5.24. The van der Waals surface area contributed by atoms with Gasteiger partial charge in [0.15, 0.2) is 0 Å². The molecule has 2 rings (SSSR count). The Kier molecular flexibility index (Phi) is 5.45. The van der Waals surface area contributed by atoms with E-state index in [0.29, 0.717) is 13.2 Å². The van der Waals surface area contributed by atoms with Crippen LogP contribution < -0.4 is 10.1 Å². The van der Waals surface area contributed by atoms with E-state index in [-0.39, 0.29) is 11.8 Å². The highest BCUT2D eigenvalue weighted by molar-refractivity contribution is 5.78. The summed E-state index contributed by atoms with van der Waals surface area (Å²) >= 11 is 0. The Bertz CT molecular complexity index is 430. The molecule has 3 heteroatoms. The van der Waals surface area contributed by atoms with E-state index in [2.05, 4.69) is 25.2 Å². The van der Waals surface area contributed by atoms with Crippen molar-refractivity contribution in [2.45, 2.75) is 46.0 Å². The van der Waals surface area contributed by atoms with Crippen molar-refractivity contribution in [1.29, 1.82) is 0 Å². The third kappa shape index (κ3) is 4.55. The second kappa shape index (κ2) is 7.32. The zero-order valence-electron chi connectivity index (χ0n) is 12.6. The molecule has 1 N–H and O–H groups in total. The molecule has 0 heterocycles. The first-order valence-corrected chi connectivity index (χ1v) is 7.64. The van der Waals surface area contributed by atoms with E-state index >= 15 is 0 Å². The fraction of sp³-hybridized carbons (Fsp3) is 0.588. The molecule has 1 amide bonds. The van der Waals surface area contributed by atoms with Gasteiger partial charge in [0.05, 0.1) is 6.54 Å². The van der Waals surface area contributed by atoms with Crippen molar-refractivity contribution in [2.24, 2.45) is 5.92 Å². The maximum Gasteiger partial charge on any atom is 0.223 e. The van der Waals surface area contributed by atoms with Crippen molar-refractivity contribution in [3.05, 3.63) is 29.3 Å². The van der Waals surface area contributed by atoms with E-state index in [1.54, 1.807) is 0 Å². The van der Waals surface area contributed by atoms with Crippen molar-refractivity contribution in [3.63, 3.8) is 0 Å². The number of hydrogen-bond acceptors (Lipinski definition) is 2. The summed E-state index contributed by atoms with van der Waals surface area (Å²) in [5.74, 6) is 1.31. The van der Waals surface area contributed by atoms with Crippen LogP contribution in [0.25, 0.3) is 0 Å². The number of nitrogens with one attached hydrogen (secondary N) is 1. The van der Waals surface area contributed by atoms with Gasteiger partial charge in [0.2, 0.25) is 5.91 Å². The normalized spacial score (nSPS) is 15.9. The van der Waals surface area contributed by atoms with E-state index in [1.807, 2.05) is 12.1 Å². The van der Waals surface area contributed by atoms with E-state index in [0.717, 1.165) is 18.6 Å². The van der Waals surface area contributed by atoms with Crippen molar-refractivity contribution in [1.82, 2.24) is 5.32 Å². The zero-order valence-corrected chi connectivity index (χ0v) is 12.6. The van der Waals surface area contributed by atoms with Gasteiger partial charge in [0.1, 0.15) is 12.4 Å². The Balaban J connectivity index is 1.69. The monoisotopic (exact) mass is 275 g/mol. The van der Waals surface area contributed by atoms with E-state index in [1.165, 1.54) is 30.4 Å². The number of rotatable bonds is 5. The molecule has 0 saturated heterocycles. The molecule has 0 bridgehead atoms. The van der Waals surface area contributed by atoms with Gasteiger partial charge in [-0.1, -0.05) is 25.3 Å². The molecule has 1 fully saturated rings. The molecule has 1 aromatic rings. The predicted molar refractivity (Wildman–Crippen MR) is 81.0 cm³/mol. The summed E-state index contributed by atoms with van der Waals surface area (Å²) in [6.07, 6.45) is 5.75. The molecular weight excluding hydrogens is 250 g/mol. The maximum atomic E-state index is 12.0. The van der Waals surface area contributed by atoms with Crippen molar-refractivity contribution < 1.29 is 9.53 Å². The minimum Gasteiger partial charge on any atom is -0.492 e. The standard InChI is InChI=1S/C17H25NO2/c1-13-10-14(2)12-16(11-13)20-9-8-18-17(19)15-6-4-3-5-7-15/h10-12,15H,3-9H2,1-2H3,(H,18,19). The highest BCUT2D eigenvalue weighted by Crippen LogP contribution is 2.23. The summed E-state index contributed by atoms with van der Waals surface area (Å²) in [5, 5.41) is 2.99. The van der Waals surface area contributed by atoms with E-state index in [9.17, 15) is 4.79 Å². The number of carbonyl (C=O) groups excluding carboxylic acids is 1. The van der Waals surface area contributed by atoms with E-state index in [4.69, 9.17) is 4.74 Å². The van der Waals surface area contributed by atoms with Gasteiger partial charge in [-0.15, -0.1) is 0 Å². The van der Waals surface area contributed by atoms with Gasteiger partial charge in [-0.3, -0.25) is 4.79 Å². The third-order valence-electron chi connectivity index (χ3n) is 3.84. The topological polar surface area (TPSA) is 38.3 Å². The number of hydrogen-bond donors (Lipinski definition) is 1. The van der Waals surface area contributed by atoms with Crippen LogP contribution in [-0.2, 0) is 4.79 Å². The SMILES string of the molecule is Cc1cc(C)cc(OCCNC(=O)C2CCCCC2)c1. The lowest BCUT2D eigenvalue weighted by molar-refractivity contribution is -0.126. The molecule has 1 aliphatic rings. The number of aryl methyl sites for hydroxylation is 2. The zero-order chi connectivity index (χ0) is 14.4. The molecule has 0 atom stereocenters. The lowest BCUT2D eigenvalue weighted by Gasteiger charge is -2.20. The first-order valence-electron chi connectivity index (χ1n) is 7.64. The molecule has 0 spiro atoms. The van der Waals surface area contributed by atoms with Crippen LogP contribution in [0, 0.1) is 19.8 Å². The molecule has 110 valence electrons. The fourth-order valence-electron chi connectivity index (χ4n) is 2.87. The summed E-state index contributed by atoms with van der Waals surface area (Å²) in [6, 6.07) is 6.17. The maximum absolute atomic E-state index is 12.0. The molecule has 1 aromatic carbocycles. The molecule has 20 heavy (non-hydrogen) atoms. The lowest BCUT2D eigenvalue weighted by Crippen LogP contribution is -2.34. The summed E-state index contributed by atoms with van der Waals surface area (Å²) in [5.41, 5.74) is 2.40. The molecule has 0 aliphatic heterocycles. The van der Waals surface area contributed by atoms with Gasteiger partial charge in [-0.25, -0.2) is 0 Å². The van der Waals surface area contributed by atoms with Crippen LogP contribution in [0.3, 0.4) is 0 Å². The van der Waals surface area contributed by atoms with Crippen molar-refractivity contribution in [2.75, 3.05) is 13.2 Å². The first-order chi connectivity index (χ1) is 9.65.